The van der Waals surface area contributed by atoms with E-state index in [0.29, 0.717) is 66.9 Å². The van der Waals surface area contributed by atoms with E-state index in [1.54, 1.807) is 24.3 Å². The maximum atomic E-state index is 11.2. The van der Waals surface area contributed by atoms with E-state index in [0.717, 1.165) is 6.66 Å². The van der Waals surface area contributed by atoms with Crippen LogP contribution < -0.4 is 11.5 Å². The van der Waals surface area contributed by atoms with Gasteiger partial charge in [-0.3, -0.25) is 4.57 Å². The molecule has 42 heavy (non-hydrogen) atoms. The number of imidazole rings is 2. The highest BCUT2D eigenvalue weighted by Crippen LogP contribution is 2.36. The second kappa shape index (κ2) is 16.3. The Morgan fingerprint density at radius 1 is 0.810 bits per heavy atom. The average molecular weight is 613 g/mol. The van der Waals surface area contributed by atoms with Crippen LogP contribution in [-0.2, 0) is 41.1 Å². The zero-order valence-electron chi connectivity index (χ0n) is 23.6. The summed E-state index contributed by atoms with van der Waals surface area (Å²) in [4.78, 5) is 33.5. The first-order valence-corrected chi connectivity index (χ1v) is 14.8. The van der Waals surface area contributed by atoms with E-state index in [-0.39, 0.29) is 25.9 Å². The molecule has 0 spiro atoms. The van der Waals surface area contributed by atoms with Crippen LogP contribution in [0.3, 0.4) is 0 Å². The Kier molecular flexibility index (Phi) is 12.9. The van der Waals surface area contributed by atoms with Crippen molar-refractivity contribution in [3.63, 3.8) is 0 Å². The first kappa shape index (κ1) is 33.2. The van der Waals surface area contributed by atoms with Crippen molar-refractivity contribution < 1.29 is 38.0 Å². The van der Waals surface area contributed by atoms with Gasteiger partial charge in [-0.15, -0.1) is 0 Å². The summed E-state index contributed by atoms with van der Waals surface area (Å²) in [7, 11) is -0.461. The van der Waals surface area contributed by atoms with Crippen LogP contribution in [0, 0.1) is 0 Å². The highest BCUT2D eigenvalue weighted by molar-refractivity contribution is 7.51. The lowest BCUT2D eigenvalue weighted by Gasteiger charge is -2.18. The van der Waals surface area contributed by atoms with Crippen molar-refractivity contribution in [1.82, 2.24) is 39.0 Å². The number of aliphatic hydroxyl groups excluding tert-OH is 1. The SMILES string of the molecule is COC[C@H](CO)OCCn1cnc2c(N)ncnc21.COC[C@H](COP(C)(=O)O)OCCn1cnc2c(N)ncnc21. The molecule has 6 N–H and O–H groups in total. The summed E-state index contributed by atoms with van der Waals surface area (Å²) in [5, 5.41) is 9.06. The Labute approximate surface area is 241 Å². The maximum absolute atomic E-state index is 11.2. The van der Waals surface area contributed by atoms with Gasteiger partial charge in [0.25, 0.3) is 0 Å². The number of hydrogen-bond donors (Lipinski definition) is 4. The van der Waals surface area contributed by atoms with Crippen LogP contribution in [0.4, 0.5) is 11.6 Å². The van der Waals surface area contributed by atoms with Crippen LogP contribution >= 0.6 is 7.60 Å². The van der Waals surface area contributed by atoms with Crippen LogP contribution in [0.1, 0.15) is 0 Å². The zero-order valence-corrected chi connectivity index (χ0v) is 24.5. The highest BCUT2D eigenvalue weighted by Gasteiger charge is 2.17. The fourth-order valence-electron chi connectivity index (χ4n) is 3.65. The Hall–Kier alpha value is -3.35. The highest BCUT2D eigenvalue weighted by atomic mass is 31.2. The fraction of sp³-hybridized carbons (Fsp3) is 0.565. The van der Waals surface area contributed by atoms with Crippen molar-refractivity contribution in [1.29, 1.82) is 0 Å². The van der Waals surface area contributed by atoms with Crippen molar-refractivity contribution >= 4 is 41.6 Å². The molecule has 0 aliphatic rings. The average Bonchev–Trinajstić information content (AvgIpc) is 3.57. The van der Waals surface area contributed by atoms with Crippen molar-refractivity contribution in [3.05, 3.63) is 25.3 Å². The summed E-state index contributed by atoms with van der Waals surface area (Å²) >= 11 is 0. The van der Waals surface area contributed by atoms with E-state index >= 15 is 0 Å². The van der Waals surface area contributed by atoms with Gasteiger partial charge in [-0.2, -0.15) is 0 Å². The van der Waals surface area contributed by atoms with Gasteiger partial charge >= 0.3 is 7.60 Å². The van der Waals surface area contributed by atoms with E-state index in [1.165, 1.54) is 19.8 Å². The largest absolute Gasteiger partial charge is 0.394 e. The van der Waals surface area contributed by atoms with Crippen molar-refractivity contribution in [2.24, 2.45) is 0 Å². The fourth-order valence-corrected chi connectivity index (χ4v) is 4.09. The molecule has 0 aliphatic heterocycles. The molecule has 4 rings (SSSR count). The Bertz CT molecular complexity index is 1430. The Morgan fingerprint density at radius 3 is 1.74 bits per heavy atom. The number of anilines is 2. The lowest BCUT2D eigenvalue weighted by Crippen LogP contribution is -2.26. The first-order valence-electron chi connectivity index (χ1n) is 12.8. The first-order chi connectivity index (χ1) is 20.2. The number of nitrogens with two attached hydrogens (primary N) is 2. The summed E-state index contributed by atoms with van der Waals surface area (Å²) in [5.74, 6) is 0.680. The van der Waals surface area contributed by atoms with Gasteiger partial charge < -0.3 is 54.1 Å². The third-order valence-corrected chi connectivity index (χ3v) is 6.27. The van der Waals surface area contributed by atoms with E-state index in [1.807, 2.05) is 4.57 Å². The van der Waals surface area contributed by atoms with E-state index in [4.69, 9.17) is 44.9 Å². The topological polar surface area (TPSA) is 243 Å². The van der Waals surface area contributed by atoms with Gasteiger partial charge in [0.05, 0.1) is 52.3 Å². The number of methoxy groups -OCH3 is 2. The summed E-state index contributed by atoms with van der Waals surface area (Å²) in [6.45, 7) is 3.42. The monoisotopic (exact) mass is 612 g/mol. The third kappa shape index (κ3) is 9.88. The molecule has 19 heteroatoms. The predicted molar refractivity (Wildman–Crippen MR) is 151 cm³/mol. The lowest BCUT2D eigenvalue weighted by atomic mass is 10.4. The summed E-state index contributed by atoms with van der Waals surface area (Å²) < 4.78 is 40.7. The summed E-state index contributed by atoms with van der Waals surface area (Å²) in [5.41, 5.74) is 13.8. The van der Waals surface area contributed by atoms with Crippen LogP contribution in [0.5, 0.6) is 0 Å². The minimum atomic E-state index is -3.54. The second-order valence-electron chi connectivity index (χ2n) is 8.92. The molecule has 1 unspecified atom stereocenters. The maximum Gasteiger partial charge on any atom is 0.325 e. The molecule has 0 bridgehead atoms. The van der Waals surface area contributed by atoms with E-state index in [2.05, 4.69) is 29.9 Å². The van der Waals surface area contributed by atoms with Gasteiger partial charge in [-0.25, -0.2) is 29.9 Å². The van der Waals surface area contributed by atoms with Crippen LogP contribution in [0.25, 0.3) is 22.3 Å². The van der Waals surface area contributed by atoms with E-state index < -0.39 is 13.7 Å². The van der Waals surface area contributed by atoms with Crippen LogP contribution in [0.2, 0.25) is 0 Å². The molecule has 232 valence electrons. The standard InChI is InChI=1S/C12H20N5O5P.C11H17N5O3/c1-20-5-9(6-22-23(2,18)19)21-4-3-17-8-16-10-11(13)14-7-15-12(10)17;1-18-5-8(4-17)19-3-2-16-7-15-9-10(12)13-6-14-11(9)16/h7-9H,3-6H2,1-2H3,(H,18,19)(H2,13,14,15);6-8,17H,2-5H2,1H3,(H2,12,13,14)/t9-;8-/m10/s1. The van der Waals surface area contributed by atoms with Gasteiger partial charge in [0, 0.05) is 34.0 Å². The molecule has 0 amide bonds. The Balaban J connectivity index is 0.000000235. The van der Waals surface area contributed by atoms with Crippen molar-refractivity contribution in [2.45, 2.75) is 25.3 Å². The van der Waals surface area contributed by atoms with Crippen LogP contribution in [0.15, 0.2) is 25.3 Å². The number of aliphatic hydroxyl groups is 1. The molecule has 4 aromatic heterocycles. The number of aromatic nitrogens is 8. The molecule has 18 nitrogen and oxygen atoms in total. The molecule has 0 aliphatic carbocycles. The molecule has 3 atom stereocenters. The van der Waals surface area contributed by atoms with Gasteiger partial charge in [0.15, 0.2) is 22.9 Å². The normalized spacial score (nSPS) is 14.4. The second-order valence-corrected chi connectivity index (χ2v) is 10.8. The molecular weight excluding hydrogens is 575 g/mol. The molecule has 0 radical (unpaired) electrons. The van der Waals surface area contributed by atoms with Gasteiger partial charge in [-0.05, 0) is 0 Å². The number of rotatable bonds is 16. The van der Waals surface area contributed by atoms with Gasteiger partial charge in [0.1, 0.15) is 35.9 Å². The number of ether oxygens (including phenoxy) is 4. The summed E-state index contributed by atoms with van der Waals surface area (Å²) in [6, 6.07) is 0. The number of fused-ring (bicyclic) bond motifs is 2. The molecule has 0 saturated heterocycles. The van der Waals surface area contributed by atoms with Gasteiger partial charge in [0.2, 0.25) is 0 Å². The minimum Gasteiger partial charge on any atom is -0.394 e. The molecule has 4 heterocycles. The molecule has 0 fully saturated rings. The quantitative estimate of drug-likeness (QED) is 0.119. The van der Waals surface area contributed by atoms with Crippen molar-refractivity contribution in [2.75, 3.05) is 72.0 Å². The molecular formula is C23H37N10O8P. The Morgan fingerprint density at radius 2 is 1.29 bits per heavy atom. The zero-order chi connectivity index (χ0) is 30.5. The molecule has 0 aromatic carbocycles. The lowest BCUT2D eigenvalue weighted by molar-refractivity contribution is -0.0332. The number of hydrogen-bond acceptors (Lipinski definition) is 15. The number of nitrogens with zero attached hydrogens (tertiary/aromatic N) is 8. The predicted octanol–water partition coefficient (Wildman–Crippen LogP) is -0.296. The smallest absolute Gasteiger partial charge is 0.325 e. The third-order valence-electron chi connectivity index (χ3n) is 5.64. The van der Waals surface area contributed by atoms with Gasteiger partial charge in [-0.1, -0.05) is 0 Å². The number of nitrogen functional groups attached to an aromatic ring is 2. The minimum absolute atomic E-state index is 0.0298. The summed E-state index contributed by atoms with van der Waals surface area (Å²) in [6.07, 6.45) is 5.25. The molecule has 4 aromatic rings. The van der Waals surface area contributed by atoms with Crippen LogP contribution in [-0.4, -0.2) is 122 Å². The molecule has 0 saturated carbocycles. The van der Waals surface area contributed by atoms with E-state index in [9.17, 15) is 4.57 Å². The van der Waals surface area contributed by atoms with Crippen molar-refractivity contribution in [3.8, 4) is 0 Å².